The number of hydrogen-bond acceptors (Lipinski definition) is 6. The molecule has 1 atom stereocenters. The van der Waals surface area contributed by atoms with E-state index in [4.69, 9.17) is 9.15 Å². The second kappa shape index (κ2) is 6.61. The first-order chi connectivity index (χ1) is 11.8. The Morgan fingerprint density at radius 2 is 2.04 bits per heavy atom. The molecule has 0 aliphatic heterocycles. The Morgan fingerprint density at radius 3 is 2.64 bits per heavy atom. The molecule has 0 saturated heterocycles. The number of aromatic nitrogens is 3. The summed E-state index contributed by atoms with van der Waals surface area (Å²) in [6.07, 6.45) is 2.75. The van der Waals surface area contributed by atoms with Crippen LogP contribution in [-0.2, 0) is 19.4 Å². The lowest BCUT2D eigenvalue weighted by atomic mass is 9.71. The lowest BCUT2D eigenvalue weighted by molar-refractivity contribution is 0.0736. The quantitative estimate of drug-likeness (QED) is 0.845. The van der Waals surface area contributed by atoms with Crippen molar-refractivity contribution in [3.05, 3.63) is 28.4 Å². The molecule has 2 aromatic heterocycles. The molecule has 0 saturated carbocycles. The van der Waals surface area contributed by atoms with E-state index in [1.165, 1.54) is 0 Å². The minimum atomic E-state index is -0.121. The number of carbonyl (C=O) groups excluding carboxylic acids is 1. The van der Waals surface area contributed by atoms with E-state index in [0.29, 0.717) is 36.1 Å². The molecule has 0 spiro atoms. The predicted molar refractivity (Wildman–Crippen MR) is 90.9 cm³/mol. The van der Waals surface area contributed by atoms with Crippen LogP contribution in [0.15, 0.2) is 9.15 Å². The van der Waals surface area contributed by atoms with Gasteiger partial charge in [0.1, 0.15) is 17.1 Å². The largest absolute Gasteiger partial charge is 0.360 e. The highest BCUT2D eigenvalue weighted by atomic mass is 16.6. The van der Waals surface area contributed by atoms with Gasteiger partial charge in [0.15, 0.2) is 5.69 Å². The summed E-state index contributed by atoms with van der Waals surface area (Å²) in [6.45, 7) is 11.4. The maximum absolute atomic E-state index is 13.0. The predicted octanol–water partition coefficient (Wildman–Crippen LogP) is 3.18. The van der Waals surface area contributed by atoms with E-state index < -0.39 is 0 Å². The third kappa shape index (κ3) is 3.45. The van der Waals surface area contributed by atoms with Crippen molar-refractivity contribution >= 4 is 5.91 Å². The fourth-order valence-corrected chi connectivity index (χ4v) is 3.36. The first-order valence-electron chi connectivity index (χ1n) is 8.86. The summed E-state index contributed by atoms with van der Waals surface area (Å²) >= 11 is 0. The lowest BCUT2D eigenvalue weighted by Crippen LogP contribution is -2.33. The Kier molecular flexibility index (Phi) is 4.67. The molecule has 3 rings (SSSR count). The van der Waals surface area contributed by atoms with Crippen molar-refractivity contribution in [3.63, 3.8) is 0 Å². The fourth-order valence-electron chi connectivity index (χ4n) is 3.36. The third-order valence-electron chi connectivity index (χ3n) is 5.22. The van der Waals surface area contributed by atoms with Crippen molar-refractivity contribution in [2.24, 2.45) is 11.3 Å². The highest BCUT2D eigenvalue weighted by Gasteiger charge is 2.35. The number of aryl methyl sites for hydroxylation is 2. The molecule has 7 nitrogen and oxygen atoms in total. The summed E-state index contributed by atoms with van der Waals surface area (Å²) in [4.78, 5) is 14.7. The normalized spacial score (nSPS) is 17.4. The molecule has 0 fully saturated rings. The molecule has 0 radical (unpaired) electrons. The van der Waals surface area contributed by atoms with Gasteiger partial charge in [-0.15, -0.1) is 0 Å². The van der Waals surface area contributed by atoms with E-state index >= 15 is 0 Å². The van der Waals surface area contributed by atoms with Crippen LogP contribution in [0.1, 0.15) is 67.3 Å². The van der Waals surface area contributed by atoms with Gasteiger partial charge in [0.05, 0.1) is 6.54 Å². The van der Waals surface area contributed by atoms with Crippen molar-refractivity contribution in [2.45, 2.75) is 60.4 Å². The molecule has 1 aliphatic carbocycles. The number of carbonyl (C=O) groups is 1. The van der Waals surface area contributed by atoms with Crippen LogP contribution < -0.4 is 0 Å². The van der Waals surface area contributed by atoms with Crippen LogP contribution in [0.2, 0.25) is 0 Å². The third-order valence-corrected chi connectivity index (χ3v) is 5.22. The molecule has 2 aromatic rings. The molecule has 1 aliphatic rings. The van der Waals surface area contributed by atoms with Gasteiger partial charge in [-0.25, -0.2) is 4.63 Å². The Labute approximate surface area is 147 Å². The Balaban J connectivity index is 1.83. The average molecular weight is 346 g/mol. The summed E-state index contributed by atoms with van der Waals surface area (Å²) in [6, 6.07) is 0. The molecule has 136 valence electrons. The van der Waals surface area contributed by atoms with Crippen molar-refractivity contribution in [1.29, 1.82) is 0 Å². The summed E-state index contributed by atoms with van der Waals surface area (Å²) in [5, 5.41) is 11.8. The van der Waals surface area contributed by atoms with Crippen LogP contribution in [0.3, 0.4) is 0 Å². The number of amides is 1. The van der Waals surface area contributed by atoms with E-state index in [9.17, 15) is 4.79 Å². The lowest BCUT2D eigenvalue weighted by Gasteiger charge is -2.33. The van der Waals surface area contributed by atoms with E-state index in [1.807, 2.05) is 13.8 Å². The Morgan fingerprint density at radius 1 is 1.28 bits per heavy atom. The van der Waals surface area contributed by atoms with Gasteiger partial charge < -0.3 is 9.42 Å². The van der Waals surface area contributed by atoms with Crippen molar-refractivity contribution in [3.8, 4) is 0 Å². The molecular weight excluding hydrogens is 320 g/mol. The van der Waals surface area contributed by atoms with Gasteiger partial charge in [-0.2, -0.15) is 0 Å². The summed E-state index contributed by atoms with van der Waals surface area (Å²) in [5.74, 6) is 1.26. The van der Waals surface area contributed by atoms with Gasteiger partial charge in [0.25, 0.3) is 5.91 Å². The summed E-state index contributed by atoms with van der Waals surface area (Å²) in [5.41, 5.74) is 2.98. The van der Waals surface area contributed by atoms with E-state index in [0.717, 1.165) is 30.6 Å². The highest BCUT2D eigenvalue weighted by Crippen LogP contribution is 2.38. The standard InChI is InChI=1S/C18H26N4O3/c1-6-22(10-14-11(2)19-25-20-14)17(23)16-13-9-12(18(3,4)5)7-8-15(13)24-21-16/h12H,6-10H2,1-5H3/t12-/m1/s1. The maximum atomic E-state index is 13.0. The van der Waals surface area contributed by atoms with Crippen molar-refractivity contribution < 1.29 is 13.9 Å². The van der Waals surface area contributed by atoms with Gasteiger partial charge in [-0.3, -0.25) is 4.79 Å². The van der Waals surface area contributed by atoms with Crippen LogP contribution in [0, 0.1) is 18.3 Å². The minimum Gasteiger partial charge on any atom is -0.360 e. The van der Waals surface area contributed by atoms with E-state index in [1.54, 1.807) is 4.90 Å². The number of fused-ring (bicyclic) bond motifs is 1. The van der Waals surface area contributed by atoms with E-state index in [2.05, 4.69) is 36.2 Å². The van der Waals surface area contributed by atoms with Gasteiger partial charge in [0.2, 0.25) is 0 Å². The zero-order valence-corrected chi connectivity index (χ0v) is 15.6. The zero-order chi connectivity index (χ0) is 18.2. The van der Waals surface area contributed by atoms with Gasteiger partial charge in [0, 0.05) is 18.5 Å². The fraction of sp³-hybridized carbons (Fsp3) is 0.667. The van der Waals surface area contributed by atoms with Gasteiger partial charge in [-0.05, 0) is 38.0 Å². The molecule has 2 heterocycles. The van der Waals surface area contributed by atoms with Gasteiger partial charge >= 0.3 is 0 Å². The summed E-state index contributed by atoms with van der Waals surface area (Å²) in [7, 11) is 0. The number of nitrogens with zero attached hydrogens (tertiary/aromatic N) is 4. The van der Waals surface area contributed by atoms with Gasteiger partial charge in [-0.1, -0.05) is 36.2 Å². The molecule has 1 amide bonds. The van der Waals surface area contributed by atoms with Crippen LogP contribution in [0.5, 0.6) is 0 Å². The number of rotatable bonds is 4. The topological polar surface area (TPSA) is 85.3 Å². The zero-order valence-electron chi connectivity index (χ0n) is 15.6. The molecule has 0 unspecified atom stereocenters. The Bertz CT molecular complexity index is 757. The molecular formula is C18H26N4O3. The second-order valence-corrected chi connectivity index (χ2v) is 7.85. The maximum Gasteiger partial charge on any atom is 0.276 e. The van der Waals surface area contributed by atoms with Crippen LogP contribution in [0.4, 0.5) is 0 Å². The minimum absolute atomic E-state index is 0.121. The molecule has 25 heavy (non-hydrogen) atoms. The molecule has 0 N–H and O–H groups in total. The average Bonchev–Trinajstić information content (AvgIpc) is 3.16. The van der Waals surface area contributed by atoms with E-state index in [-0.39, 0.29) is 11.3 Å². The summed E-state index contributed by atoms with van der Waals surface area (Å²) < 4.78 is 10.2. The van der Waals surface area contributed by atoms with Crippen LogP contribution >= 0.6 is 0 Å². The smallest absolute Gasteiger partial charge is 0.276 e. The first-order valence-corrected chi connectivity index (χ1v) is 8.86. The Hall–Kier alpha value is -2.18. The van der Waals surface area contributed by atoms with Crippen LogP contribution in [0.25, 0.3) is 0 Å². The highest BCUT2D eigenvalue weighted by molar-refractivity contribution is 5.93. The SMILES string of the molecule is CCN(Cc1nonc1C)C(=O)c1noc2c1C[C@H](C(C)(C)C)CC2. The molecule has 0 aromatic carbocycles. The second-order valence-electron chi connectivity index (χ2n) is 7.85. The van der Waals surface area contributed by atoms with Crippen molar-refractivity contribution in [1.82, 2.24) is 20.4 Å². The monoisotopic (exact) mass is 346 g/mol. The number of hydrogen-bond donors (Lipinski definition) is 0. The van der Waals surface area contributed by atoms with Crippen molar-refractivity contribution in [2.75, 3.05) is 6.54 Å². The molecule has 0 bridgehead atoms. The first kappa shape index (κ1) is 17.6. The van der Waals surface area contributed by atoms with Crippen LogP contribution in [-0.4, -0.2) is 32.8 Å². The molecule has 7 heteroatoms.